The van der Waals surface area contributed by atoms with E-state index in [4.69, 9.17) is 27.5 Å². The first-order valence-electron chi connectivity index (χ1n) is 3.59. The van der Waals surface area contributed by atoms with E-state index in [9.17, 15) is 13.2 Å². The normalized spacial score (nSPS) is 12.9. The fraction of sp³-hybridized carbons (Fsp3) is 0.286. The summed E-state index contributed by atoms with van der Waals surface area (Å²) in [5.74, 6) is -4.03. The highest BCUT2D eigenvalue weighted by atomic mass is 35.5. The van der Waals surface area contributed by atoms with Crippen LogP contribution >= 0.6 is 11.6 Å². The van der Waals surface area contributed by atoms with Gasteiger partial charge in [-0.05, 0) is 6.07 Å². The highest BCUT2D eigenvalue weighted by molar-refractivity contribution is 6.29. The molecule has 0 aliphatic rings. The number of anilines is 1. The van der Waals surface area contributed by atoms with Gasteiger partial charge in [0.25, 0.3) is 5.79 Å². The summed E-state index contributed by atoms with van der Waals surface area (Å²) in [5.41, 5.74) is 3.70. The second-order valence-corrected chi connectivity index (χ2v) is 3.15. The number of nitrogens with two attached hydrogens (primary N) is 1. The Morgan fingerprint density at radius 2 is 1.87 bits per heavy atom. The van der Waals surface area contributed by atoms with Crippen LogP contribution in [0.2, 0.25) is 5.15 Å². The molecule has 1 rings (SSSR count). The molecule has 8 heteroatoms. The van der Waals surface area contributed by atoms with Gasteiger partial charge < -0.3 is 15.9 Å². The number of aliphatic hydroxyl groups is 2. The average Bonchev–Trinajstić information content (AvgIpc) is 2.00. The topological polar surface area (TPSA) is 79.4 Å². The number of pyridine rings is 1. The van der Waals surface area contributed by atoms with Crippen LogP contribution in [0.1, 0.15) is 5.56 Å². The van der Waals surface area contributed by atoms with Gasteiger partial charge in [-0.3, -0.25) is 0 Å². The highest BCUT2D eigenvalue weighted by Crippen LogP contribution is 2.38. The Morgan fingerprint density at radius 1 is 1.33 bits per heavy atom. The Hall–Kier alpha value is -1.05. The monoisotopic (exact) mass is 242 g/mol. The molecule has 0 fully saturated rings. The molecule has 0 bridgehead atoms. The SMILES string of the molecule is Nc1cc(Cl)ncc1C(O)(O)C(F)(F)F. The summed E-state index contributed by atoms with van der Waals surface area (Å²) >= 11 is 5.35. The van der Waals surface area contributed by atoms with Crippen LogP contribution in [-0.4, -0.2) is 21.4 Å². The Labute approximate surface area is 87.1 Å². The average molecular weight is 243 g/mol. The van der Waals surface area contributed by atoms with Crippen LogP contribution in [0.15, 0.2) is 12.3 Å². The molecule has 15 heavy (non-hydrogen) atoms. The van der Waals surface area contributed by atoms with Gasteiger partial charge in [0, 0.05) is 11.9 Å². The zero-order valence-corrected chi connectivity index (χ0v) is 7.84. The molecular weight excluding hydrogens is 237 g/mol. The van der Waals surface area contributed by atoms with E-state index in [0.717, 1.165) is 6.07 Å². The van der Waals surface area contributed by atoms with Crippen molar-refractivity contribution in [2.45, 2.75) is 12.0 Å². The van der Waals surface area contributed by atoms with Gasteiger partial charge in [0.1, 0.15) is 5.15 Å². The van der Waals surface area contributed by atoms with Gasteiger partial charge in [0.15, 0.2) is 0 Å². The Kier molecular flexibility index (Phi) is 2.81. The fourth-order valence-electron chi connectivity index (χ4n) is 0.888. The molecule has 84 valence electrons. The van der Waals surface area contributed by atoms with Crippen molar-refractivity contribution in [3.63, 3.8) is 0 Å². The lowest BCUT2D eigenvalue weighted by atomic mass is 10.1. The maximum atomic E-state index is 12.2. The third kappa shape index (κ3) is 2.14. The Morgan fingerprint density at radius 3 is 2.27 bits per heavy atom. The third-order valence-electron chi connectivity index (χ3n) is 1.67. The van der Waals surface area contributed by atoms with Crippen LogP contribution in [-0.2, 0) is 5.79 Å². The number of alkyl halides is 3. The molecule has 0 unspecified atom stereocenters. The molecule has 0 aliphatic carbocycles. The fourth-order valence-corrected chi connectivity index (χ4v) is 1.05. The Bertz CT molecular complexity index is 381. The molecule has 4 N–H and O–H groups in total. The molecule has 0 aromatic carbocycles. The number of nitrogens with zero attached hydrogens (tertiary/aromatic N) is 1. The molecule has 1 heterocycles. The lowest BCUT2D eigenvalue weighted by Gasteiger charge is -2.25. The molecule has 0 spiro atoms. The number of hydrogen-bond donors (Lipinski definition) is 3. The van der Waals surface area contributed by atoms with Gasteiger partial charge >= 0.3 is 6.18 Å². The molecule has 0 amide bonds. The predicted octanol–water partition coefficient (Wildman–Crippen LogP) is 1.02. The van der Waals surface area contributed by atoms with Crippen LogP contribution in [0.3, 0.4) is 0 Å². The second kappa shape index (κ2) is 3.51. The van der Waals surface area contributed by atoms with Gasteiger partial charge in [-0.1, -0.05) is 11.6 Å². The summed E-state index contributed by atoms with van der Waals surface area (Å²) in [6.45, 7) is 0. The van der Waals surface area contributed by atoms with Crippen molar-refractivity contribution in [3.05, 3.63) is 23.0 Å². The maximum absolute atomic E-state index is 12.2. The van der Waals surface area contributed by atoms with E-state index in [1.807, 2.05) is 0 Å². The van der Waals surface area contributed by atoms with Crippen molar-refractivity contribution in [3.8, 4) is 0 Å². The molecule has 0 saturated carbocycles. The second-order valence-electron chi connectivity index (χ2n) is 2.76. The molecule has 0 saturated heterocycles. The van der Waals surface area contributed by atoms with Crippen LogP contribution < -0.4 is 5.73 Å². The van der Waals surface area contributed by atoms with Crippen LogP contribution in [0.25, 0.3) is 0 Å². The van der Waals surface area contributed by atoms with Crippen molar-refractivity contribution in [1.29, 1.82) is 0 Å². The zero-order chi connectivity index (χ0) is 11.9. The van der Waals surface area contributed by atoms with Gasteiger partial charge in [-0.15, -0.1) is 0 Å². The lowest BCUT2D eigenvalue weighted by Crippen LogP contribution is -2.42. The van der Waals surface area contributed by atoms with E-state index < -0.39 is 23.2 Å². The van der Waals surface area contributed by atoms with Crippen molar-refractivity contribution < 1.29 is 23.4 Å². The summed E-state index contributed by atoms with van der Waals surface area (Å²) in [7, 11) is 0. The van der Waals surface area contributed by atoms with E-state index in [-0.39, 0.29) is 5.15 Å². The number of hydrogen-bond acceptors (Lipinski definition) is 4. The summed E-state index contributed by atoms with van der Waals surface area (Å²) in [4.78, 5) is 3.29. The minimum absolute atomic E-state index is 0.144. The minimum atomic E-state index is -5.27. The zero-order valence-electron chi connectivity index (χ0n) is 7.09. The van der Waals surface area contributed by atoms with Crippen molar-refractivity contribution >= 4 is 17.3 Å². The molecule has 0 radical (unpaired) electrons. The largest absolute Gasteiger partial charge is 0.447 e. The van der Waals surface area contributed by atoms with E-state index in [1.54, 1.807) is 0 Å². The summed E-state index contributed by atoms with van der Waals surface area (Å²) in [6, 6.07) is 0.893. The third-order valence-corrected chi connectivity index (χ3v) is 1.88. The summed E-state index contributed by atoms with van der Waals surface area (Å²) in [6.07, 6.45) is -4.71. The van der Waals surface area contributed by atoms with E-state index in [2.05, 4.69) is 4.98 Å². The standard InChI is InChI=1S/C7H6ClF3N2O2/c8-5-1-4(12)3(2-13-5)6(14,15)7(9,10)11/h1-2,14-15H,(H2,12,13). The van der Waals surface area contributed by atoms with Crippen molar-refractivity contribution in [2.24, 2.45) is 0 Å². The quantitative estimate of drug-likeness (QED) is 0.507. The van der Waals surface area contributed by atoms with Gasteiger partial charge in [-0.2, -0.15) is 13.2 Å². The van der Waals surface area contributed by atoms with E-state index in [1.165, 1.54) is 0 Å². The predicted molar refractivity (Wildman–Crippen MR) is 45.8 cm³/mol. The molecular formula is C7H6ClF3N2O2. The number of nitrogen functional groups attached to an aromatic ring is 1. The maximum Gasteiger partial charge on any atom is 0.447 e. The molecule has 4 nitrogen and oxygen atoms in total. The Balaban J connectivity index is 3.28. The molecule has 0 atom stereocenters. The van der Waals surface area contributed by atoms with Crippen molar-refractivity contribution in [1.82, 2.24) is 4.98 Å². The minimum Gasteiger partial charge on any atom is -0.398 e. The molecule has 0 aliphatic heterocycles. The van der Waals surface area contributed by atoms with Crippen molar-refractivity contribution in [2.75, 3.05) is 5.73 Å². The van der Waals surface area contributed by atoms with E-state index >= 15 is 0 Å². The highest BCUT2D eigenvalue weighted by Gasteiger charge is 2.55. The van der Waals surface area contributed by atoms with Crippen LogP contribution in [0.4, 0.5) is 18.9 Å². The first-order valence-corrected chi connectivity index (χ1v) is 3.97. The van der Waals surface area contributed by atoms with E-state index in [0.29, 0.717) is 6.20 Å². The van der Waals surface area contributed by atoms with Gasteiger partial charge in [0.05, 0.1) is 5.56 Å². The van der Waals surface area contributed by atoms with Gasteiger partial charge in [0.2, 0.25) is 0 Å². The number of aromatic nitrogens is 1. The number of rotatable bonds is 1. The van der Waals surface area contributed by atoms with Crippen LogP contribution in [0.5, 0.6) is 0 Å². The summed E-state index contributed by atoms with van der Waals surface area (Å²) in [5, 5.41) is 17.6. The smallest absolute Gasteiger partial charge is 0.398 e. The summed E-state index contributed by atoms with van der Waals surface area (Å²) < 4.78 is 36.6. The van der Waals surface area contributed by atoms with Gasteiger partial charge in [-0.25, -0.2) is 4.98 Å². The first-order chi connectivity index (χ1) is 6.66. The first kappa shape index (κ1) is 12.0. The van der Waals surface area contributed by atoms with Crippen LogP contribution in [0, 0.1) is 0 Å². The number of halogens is 4. The lowest BCUT2D eigenvalue weighted by molar-refractivity contribution is -0.358. The molecule has 1 aromatic rings. The molecule has 1 aromatic heterocycles.